The molecule has 1 aliphatic heterocycles. The summed E-state index contributed by atoms with van der Waals surface area (Å²) in [6.07, 6.45) is 0. The normalized spacial score (nSPS) is 16.4. The summed E-state index contributed by atoms with van der Waals surface area (Å²) in [6, 6.07) is 6.02. The average Bonchev–Trinajstić information content (AvgIpc) is 2.37. The molecule has 2 N–H and O–H groups in total. The number of rotatable bonds is 1. The van der Waals surface area contributed by atoms with E-state index in [2.05, 4.69) is 17.9 Å². The Hall–Kier alpha value is -1.71. The molecule has 1 aromatic rings. The van der Waals surface area contributed by atoms with Crippen LogP contribution in [0.5, 0.6) is 0 Å². The van der Waals surface area contributed by atoms with E-state index in [9.17, 15) is 4.79 Å². The summed E-state index contributed by atoms with van der Waals surface area (Å²) in [7, 11) is 0. The van der Waals surface area contributed by atoms with Gasteiger partial charge in [-0.15, -0.1) is 0 Å². The van der Waals surface area contributed by atoms with Crippen LogP contribution in [0.1, 0.15) is 26.3 Å². The van der Waals surface area contributed by atoms with Gasteiger partial charge in [-0.2, -0.15) is 0 Å². The van der Waals surface area contributed by atoms with Crippen LogP contribution in [0.4, 0.5) is 11.4 Å². The second-order valence-corrected chi connectivity index (χ2v) is 6.58. The zero-order valence-electron chi connectivity index (χ0n) is 12.9. The molecule has 0 unspecified atom stereocenters. The maximum atomic E-state index is 12.3. The minimum atomic E-state index is -0.292. The SMILES string of the molecule is Cc1cc(N)ccc1N1CCN(C(=O)C(C)(C)C)CC1. The van der Waals surface area contributed by atoms with E-state index in [1.54, 1.807) is 0 Å². The molecular weight excluding hydrogens is 250 g/mol. The summed E-state index contributed by atoms with van der Waals surface area (Å²) in [5.74, 6) is 0.242. The Morgan fingerprint density at radius 2 is 1.75 bits per heavy atom. The average molecular weight is 275 g/mol. The Kier molecular flexibility index (Phi) is 3.93. The fourth-order valence-corrected chi connectivity index (χ4v) is 2.66. The third-order valence-corrected chi connectivity index (χ3v) is 3.77. The predicted octanol–water partition coefficient (Wildman–Crippen LogP) is 2.27. The lowest BCUT2D eigenvalue weighted by Gasteiger charge is -2.39. The van der Waals surface area contributed by atoms with Crippen molar-refractivity contribution in [1.82, 2.24) is 4.90 Å². The number of carbonyl (C=O) groups excluding carboxylic acids is 1. The number of aryl methyl sites for hydroxylation is 1. The number of hydrogen-bond acceptors (Lipinski definition) is 3. The molecule has 1 heterocycles. The van der Waals surface area contributed by atoms with Crippen molar-refractivity contribution in [3.63, 3.8) is 0 Å². The molecule has 0 aliphatic carbocycles. The van der Waals surface area contributed by atoms with Gasteiger partial charge in [0.15, 0.2) is 0 Å². The monoisotopic (exact) mass is 275 g/mol. The Balaban J connectivity index is 2.03. The lowest BCUT2D eigenvalue weighted by atomic mass is 9.94. The van der Waals surface area contributed by atoms with Gasteiger partial charge in [-0.3, -0.25) is 4.79 Å². The Bertz CT molecular complexity index is 497. The summed E-state index contributed by atoms with van der Waals surface area (Å²) < 4.78 is 0. The van der Waals surface area contributed by atoms with Gasteiger partial charge >= 0.3 is 0 Å². The van der Waals surface area contributed by atoms with Gasteiger partial charge in [0.25, 0.3) is 0 Å². The first-order valence-electron chi connectivity index (χ1n) is 7.19. The summed E-state index contributed by atoms with van der Waals surface area (Å²) in [6.45, 7) is 11.4. The van der Waals surface area contributed by atoms with Gasteiger partial charge in [0.1, 0.15) is 0 Å². The molecule has 0 spiro atoms. The van der Waals surface area contributed by atoms with Crippen LogP contribution in [0.15, 0.2) is 18.2 Å². The predicted molar refractivity (Wildman–Crippen MR) is 83.8 cm³/mol. The van der Waals surface area contributed by atoms with E-state index in [0.29, 0.717) is 0 Å². The number of benzene rings is 1. The summed E-state index contributed by atoms with van der Waals surface area (Å²) in [5, 5.41) is 0. The molecule has 20 heavy (non-hydrogen) atoms. The van der Waals surface area contributed by atoms with Gasteiger partial charge in [0.2, 0.25) is 5.91 Å². The van der Waals surface area contributed by atoms with E-state index < -0.39 is 0 Å². The molecule has 1 saturated heterocycles. The quantitative estimate of drug-likeness (QED) is 0.800. The third kappa shape index (κ3) is 3.06. The van der Waals surface area contributed by atoms with Crippen LogP contribution in [-0.2, 0) is 4.79 Å². The second-order valence-electron chi connectivity index (χ2n) is 6.58. The molecule has 0 bridgehead atoms. The Labute approximate surface area is 121 Å². The number of nitrogens with zero attached hydrogens (tertiary/aromatic N) is 2. The van der Waals surface area contributed by atoms with Crippen LogP contribution >= 0.6 is 0 Å². The molecule has 1 aromatic carbocycles. The van der Waals surface area contributed by atoms with E-state index >= 15 is 0 Å². The Morgan fingerprint density at radius 1 is 1.15 bits per heavy atom. The van der Waals surface area contributed by atoms with Gasteiger partial charge in [-0.25, -0.2) is 0 Å². The number of nitrogen functional groups attached to an aromatic ring is 1. The van der Waals surface area contributed by atoms with Crippen molar-refractivity contribution >= 4 is 17.3 Å². The molecule has 0 radical (unpaired) electrons. The van der Waals surface area contributed by atoms with Gasteiger partial charge in [-0.1, -0.05) is 20.8 Å². The minimum Gasteiger partial charge on any atom is -0.399 e. The maximum absolute atomic E-state index is 12.3. The molecule has 1 amide bonds. The Morgan fingerprint density at radius 3 is 2.25 bits per heavy atom. The van der Waals surface area contributed by atoms with Crippen LogP contribution < -0.4 is 10.6 Å². The van der Waals surface area contributed by atoms with E-state index in [1.165, 1.54) is 11.3 Å². The van der Waals surface area contributed by atoms with Crippen molar-refractivity contribution in [3.8, 4) is 0 Å². The fourth-order valence-electron chi connectivity index (χ4n) is 2.66. The highest BCUT2D eigenvalue weighted by Gasteiger charge is 2.29. The molecule has 1 fully saturated rings. The largest absolute Gasteiger partial charge is 0.399 e. The lowest BCUT2D eigenvalue weighted by molar-refractivity contribution is -0.139. The molecular formula is C16H25N3O. The smallest absolute Gasteiger partial charge is 0.228 e. The topological polar surface area (TPSA) is 49.6 Å². The van der Waals surface area contributed by atoms with Crippen LogP contribution in [0.25, 0.3) is 0 Å². The lowest BCUT2D eigenvalue weighted by Crippen LogP contribution is -2.51. The standard InChI is InChI=1S/C16H25N3O/c1-12-11-13(17)5-6-14(12)18-7-9-19(10-8-18)15(20)16(2,3)4/h5-6,11H,7-10,17H2,1-4H3. The highest BCUT2D eigenvalue weighted by atomic mass is 16.2. The number of nitrogens with two attached hydrogens (primary N) is 1. The van der Waals surface area contributed by atoms with Crippen LogP contribution in [0.2, 0.25) is 0 Å². The van der Waals surface area contributed by atoms with E-state index in [-0.39, 0.29) is 11.3 Å². The number of hydrogen-bond donors (Lipinski definition) is 1. The summed E-state index contributed by atoms with van der Waals surface area (Å²) >= 11 is 0. The van der Waals surface area contributed by atoms with Crippen molar-refractivity contribution in [2.75, 3.05) is 36.8 Å². The van der Waals surface area contributed by atoms with Gasteiger partial charge < -0.3 is 15.5 Å². The molecule has 0 saturated carbocycles. The molecule has 2 rings (SSSR count). The number of carbonyl (C=O) groups is 1. The first kappa shape index (κ1) is 14.7. The van der Waals surface area contributed by atoms with Crippen LogP contribution in [0, 0.1) is 12.3 Å². The van der Waals surface area contributed by atoms with Crippen LogP contribution in [-0.4, -0.2) is 37.0 Å². The van der Waals surface area contributed by atoms with Crippen molar-refractivity contribution in [2.24, 2.45) is 5.41 Å². The molecule has 110 valence electrons. The molecule has 4 heteroatoms. The van der Waals surface area contributed by atoms with Gasteiger partial charge in [0.05, 0.1) is 0 Å². The number of piperazine rings is 1. The van der Waals surface area contributed by atoms with E-state index in [4.69, 9.17) is 5.73 Å². The molecule has 0 atom stereocenters. The number of anilines is 2. The third-order valence-electron chi connectivity index (χ3n) is 3.77. The van der Waals surface area contributed by atoms with E-state index in [0.717, 1.165) is 31.9 Å². The van der Waals surface area contributed by atoms with Crippen molar-refractivity contribution in [3.05, 3.63) is 23.8 Å². The first-order valence-corrected chi connectivity index (χ1v) is 7.19. The fraction of sp³-hybridized carbons (Fsp3) is 0.562. The molecule has 4 nitrogen and oxygen atoms in total. The maximum Gasteiger partial charge on any atom is 0.228 e. The van der Waals surface area contributed by atoms with Gasteiger partial charge in [0, 0.05) is 43.0 Å². The highest BCUT2D eigenvalue weighted by molar-refractivity contribution is 5.81. The zero-order chi connectivity index (χ0) is 14.9. The second kappa shape index (κ2) is 5.35. The summed E-state index contributed by atoms with van der Waals surface area (Å²) in [5.41, 5.74) is 8.72. The van der Waals surface area contributed by atoms with Crippen molar-refractivity contribution in [1.29, 1.82) is 0 Å². The number of amides is 1. The van der Waals surface area contributed by atoms with Crippen molar-refractivity contribution < 1.29 is 4.79 Å². The molecule has 0 aromatic heterocycles. The van der Waals surface area contributed by atoms with Crippen LogP contribution in [0.3, 0.4) is 0 Å². The molecule has 1 aliphatic rings. The van der Waals surface area contributed by atoms with E-state index in [1.807, 2.05) is 37.8 Å². The van der Waals surface area contributed by atoms with Gasteiger partial charge in [-0.05, 0) is 30.7 Å². The summed E-state index contributed by atoms with van der Waals surface area (Å²) in [4.78, 5) is 16.6. The zero-order valence-corrected chi connectivity index (χ0v) is 12.9. The van der Waals surface area contributed by atoms with Crippen molar-refractivity contribution in [2.45, 2.75) is 27.7 Å². The first-order chi connectivity index (χ1) is 9.29. The highest BCUT2D eigenvalue weighted by Crippen LogP contribution is 2.25. The minimum absolute atomic E-state index is 0.242.